The average Bonchev–Trinajstić information content (AvgIpc) is 2.70. The van der Waals surface area contributed by atoms with E-state index in [1.54, 1.807) is 0 Å². The standard InChI is InChI=1S/C23H39F3N2O/c1-2-3-4-5-6-7-8-9-10-11-12-13-14-15-18-29-20-16-17-22(28-27)21(19-20)23(24,25)26/h16-17,19,28H,2-15,18,27H2,1H3. The van der Waals surface area contributed by atoms with Gasteiger partial charge in [-0.05, 0) is 24.6 Å². The van der Waals surface area contributed by atoms with Gasteiger partial charge in [0, 0.05) is 0 Å². The van der Waals surface area contributed by atoms with Crippen LogP contribution >= 0.6 is 0 Å². The van der Waals surface area contributed by atoms with Gasteiger partial charge in [0.05, 0.1) is 17.9 Å². The maximum atomic E-state index is 13.0. The molecule has 168 valence electrons. The first-order chi connectivity index (χ1) is 14.0. The molecule has 0 aromatic heterocycles. The SMILES string of the molecule is CCCCCCCCCCCCCCCCOc1ccc(NN)c(C(F)(F)F)c1. The summed E-state index contributed by atoms with van der Waals surface area (Å²) in [6.45, 7) is 2.68. The zero-order chi connectivity index (χ0) is 21.4. The molecule has 0 unspecified atom stereocenters. The Labute approximate surface area is 174 Å². The van der Waals surface area contributed by atoms with Crippen molar-refractivity contribution in [1.82, 2.24) is 0 Å². The van der Waals surface area contributed by atoms with Crippen LogP contribution in [0.2, 0.25) is 0 Å². The van der Waals surface area contributed by atoms with Crippen LogP contribution in [0, 0.1) is 0 Å². The normalized spacial score (nSPS) is 11.6. The summed E-state index contributed by atoms with van der Waals surface area (Å²) in [5, 5.41) is 0. The van der Waals surface area contributed by atoms with Crippen LogP contribution < -0.4 is 16.0 Å². The Morgan fingerprint density at radius 1 is 0.793 bits per heavy atom. The van der Waals surface area contributed by atoms with Crippen LogP contribution in [0.5, 0.6) is 5.75 Å². The summed E-state index contributed by atoms with van der Waals surface area (Å²) in [6, 6.07) is 3.80. The summed E-state index contributed by atoms with van der Waals surface area (Å²) < 4.78 is 44.4. The van der Waals surface area contributed by atoms with Crippen molar-refractivity contribution in [3.8, 4) is 5.75 Å². The van der Waals surface area contributed by atoms with Crippen molar-refractivity contribution in [3.63, 3.8) is 0 Å². The monoisotopic (exact) mass is 416 g/mol. The van der Waals surface area contributed by atoms with E-state index in [9.17, 15) is 13.2 Å². The lowest BCUT2D eigenvalue weighted by Crippen LogP contribution is -2.15. The lowest BCUT2D eigenvalue weighted by atomic mass is 10.0. The first kappa shape index (κ1) is 25.6. The van der Waals surface area contributed by atoms with Gasteiger partial charge in [0.2, 0.25) is 0 Å². The van der Waals surface area contributed by atoms with Crippen LogP contribution in [0.15, 0.2) is 18.2 Å². The number of nitrogens with two attached hydrogens (primary N) is 1. The number of hydrogen-bond donors (Lipinski definition) is 2. The van der Waals surface area contributed by atoms with E-state index < -0.39 is 11.7 Å². The zero-order valence-electron chi connectivity index (χ0n) is 18.0. The van der Waals surface area contributed by atoms with E-state index >= 15 is 0 Å². The molecule has 0 spiro atoms. The van der Waals surface area contributed by atoms with Gasteiger partial charge in [0.15, 0.2) is 0 Å². The van der Waals surface area contributed by atoms with Crippen LogP contribution in [-0.2, 0) is 6.18 Å². The Bertz CT molecular complexity index is 535. The third-order valence-corrected chi connectivity index (χ3v) is 5.22. The molecule has 0 fully saturated rings. The highest BCUT2D eigenvalue weighted by molar-refractivity contribution is 5.54. The second kappa shape index (κ2) is 15.4. The number of hydrogen-bond acceptors (Lipinski definition) is 3. The van der Waals surface area contributed by atoms with Crippen molar-refractivity contribution in [1.29, 1.82) is 0 Å². The maximum Gasteiger partial charge on any atom is 0.418 e. The van der Waals surface area contributed by atoms with Gasteiger partial charge >= 0.3 is 6.18 Å². The maximum absolute atomic E-state index is 13.0. The van der Waals surface area contributed by atoms with Crippen molar-refractivity contribution in [3.05, 3.63) is 23.8 Å². The fourth-order valence-corrected chi connectivity index (χ4v) is 3.46. The number of hydrazine groups is 1. The van der Waals surface area contributed by atoms with E-state index in [0.29, 0.717) is 6.61 Å². The van der Waals surface area contributed by atoms with E-state index in [4.69, 9.17) is 10.6 Å². The van der Waals surface area contributed by atoms with Crippen LogP contribution in [0.25, 0.3) is 0 Å². The molecule has 0 radical (unpaired) electrons. The van der Waals surface area contributed by atoms with Crippen molar-refractivity contribution >= 4 is 5.69 Å². The molecule has 0 atom stereocenters. The largest absolute Gasteiger partial charge is 0.494 e. The molecule has 0 aliphatic heterocycles. The molecule has 0 amide bonds. The third-order valence-electron chi connectivity index (χ3n) is 5.22. The third kappa shape index (κ3) is 12.0. The van der Waals surface area contributed by atoms with Gasteiger partial charge in [-0.15, -0.1) is 0 Å². The Morgan fingerprint density at radius 3 is 1.72 bits per heavy atom. The van der Waals surface area contributed by atoms with Gasteiger partial charge in [-0.1, -0.05) is 90.4 Å². The summed E-state index contributed by atoms with van der Waals surface area (Å²) >= 11 is 0. The fraction of sp³-hybridized carbons (Fsp3) is 0.739. The van der Waals surface area contributed by atoms with E-state index in [1.165, 1.54) is 82.8 Å². The van der Waals surface area contributed by atoms with Crippen LogP contribution in [0.4, 0.5) is 18.9 Å². The number of unbranched alkanes of at least 4 members (excludes halogenated alkanes) is 13. The van der Waals surface area contributed by atoms with E-state index in [-0.39, 0.29) is 11.4 Å². The first-order valence-electron chi connectivity index (χ1n) is 11.3. The minimum atomic E-state index is -4.46. The molecule has 3 nitrogen and oxygen atoms in total. The highest BCUT2D eigenvalue weighted by Gasteiger charge is 2.33. The first-order valence-corrected chi connectivity index (χ1v) is 11.3. The Balaban J connectivity index is 2.01. The number of rotatable bonds is 17. The van der Waals surface area contributed by atoms with Crippen LogP contribution in [0.3, 0.4) is 0 Å². The van der Waals surface area contributed by atoms with Crippen LogP contribution in [-0.4, -0.2) is 6.61 Å². The summed E-state index contributed by atoms with van der Waals surface area (Å²) in [5.41, 5.74) is 1.12. The van der Waals surface area contributed by atoms with Gasteiger partial charge in [0.1, 0.15) is 5.75 Å². The minimum Gasteiger partial charge on any atom is -0.494 e. The molecule has 0 aliphatic carbocycles. The molecule has 29 heavy (non-hydrogen) atoms. The number of anilines is 1. The highest BCUT2D eigenvalue weighted by atomic mass is 19.4. The number of halogens is 3. The summed E-state index contributed by atoms with van der Waals surface area (Å²) in [5.74, 6) is 5.37. The van der Waals surface area contributed by atoms with Gasteiger partial charge < -0.3 is 10.2 Å². The smallest absolute Gasteiger partial charge is 0.418 e. The zero-order valence-corrected chi connectivity index (χ0v) is 18.0. The summed E-state index contributed by atoms with van der Waals surface area (Å²) in [6.07, 6.45) is 13.3. The molecular weight excluding hydrogens is 377 g/mol. The molecule has 0 aliphatic rings. The molecule has 1 rings (SSSR count). The second-order valence-corrected chi connectivity index (χ2v) is 7.79. The summed E-state index contributed by atoms with van der Waals surface area (Å²) in [7, 11) is 0. The van der Waals surface area contributed by atoms with Gasteiger partial charge in [-0.25, -0.2) is 0 Å². The predicted octanol–water partition coefficient (Wildman–Crippen LogP) is 7.85. The molecule has 0 saturated carbocycles. The molecule has 6 heteroatoms. The molecule has 0 bridgehead atoms. The Kier molecular flexibility index (Phi) is 13.6. The van der Waals surface area contributed by atoms with E-state index in [1.807, 2.05) is 0 Å². The molecule has 0 saturated heterocycles. The lowest BCUT2D eigenvalue weighted by molar-refractivity contribution is -0.137. The fourth-order valence-electron chi connectivity index (χ4n) is 3.46. The van der Waals surface area contributed by atoms with Crippen molar-refractivity contribution in [2.45, 2.75) is 103 Å². The van der Waals surface area contributed by atoms with Crippen LogP contribution in [0.1, 0.15) is 102 Å². The van der Waals surface area contributed by atoms with Gasteiger partial charge in [-0.2, -0.15) is 13.2 Å². The molecule has 0 heterocycles. The number of benzene rings is 1. The predicted molar refractivity (Wildman–Crippen MR) is 115 cm³/mol. The van der Waals surface area contributed by atoms with Gasteiger partial charge in [-0.3, -0.25) is 5.84 Å². The number of nitrogen functional groups attached to an aromatic ring is 1. The van der Waals surface area contributed by atoms with Crippen molar-refractivity contribution < 1.29 is 17.9 Å². The Morgan fingerprint density at radius 2 is 1.28 bits per heavy atom. The topological polar surface area (TPSA) is 47.3 Å². The van der Waals surface area contributed by atoms with E-state index in [2.05, 4.69) is 12.3 Å². The molecule has 1 aromatic carbocycles. The quantitative estimate of drug-likeness (QED) is 0.154. The van der Waals surface area contributed by atoms with Crippen molar-refractivity contribution in [2.75, 3.05) is 12.0 Å². The molecule has 3 N–H and O–H groups in total. The lowest BCUT2D eigenvalue weighted by Gasteiger charge is -2.14. The number of ether oxygens (including phenoxy) is 1. The highest BCUT2D eigenvalue weighted by Crippen LogP contribution is 2.36. The molecule has 1 aromatic rings. The molecular formula is C23H39F3N2O. The number of alkyl halides is 3. The van der Waals surface area contributed by atoms with Crippen molar-refractivity contribution in [2.24, 2.45) is 5.84 Å². The number of nitrogens with one attached hydrogen (secondary N) is 1. The average molecular weight is 417 g/mol. The summed E-state index contributed by atoms with van der Waals surface area (Å²) in [4.78, 5) is 0. The second-order valence-electron chi connectivity index (χ2n) is 7.79. The van der Waals surface area contributed by atoms with E-state index in [0.717, 1.165) is 25.3 Å². The van der Waals surface area contributed by atoms with Gasteiger partial charge in [0.25, 0.3) is 0 Å². The Hall–Kier alpha value is -1.43. The minimum absolute atomic E-state index is 0.152.